The van der Waals surface area contributed by atoms with Crippen LogP contribution in [0.4, 0.5) is 0 Å². The van der Waals surface area contributed by atoms with Crippen molar-refractivity contribution in [3.05, 3.63) is 29.8 Å². The molecule has 1 amide bonds. The van der Waals surface area contributed by atoms with Crippen molar-refractivity contribution in [1.82, 2.24) is 4.90 Å². The molecule has 0 radical (unpaired) electrons. The summed E-state index contributed by atoms with van der Waals surface area (Å²) < 4.78 is 5.54. The van der Waals surface area contributed by atoms with Crippen LogP contribution in [-0.4, -0.2) is 36.3 Å². The Morgan fingerprint density at radius 2 is 1.50 bits per heavy atom. The van der Waals surface area contributed by atoms with Crippen molar-refractivity contribution in [2.24, 2.45) is 11.8 Å². The fourth-order valence-electron chi connectivity index (χ4n) is 2.18. The zero-order chi connectivity index (χ0) is 16.7. The van der Waals surface area contributed by atoms with Gasteiger partial charge in [-0.05, 0) is 43.0 Å². The molecule has 122 valence electrons. The van der Waals surface area contributed by atoms with E-state index >= 15 is 0 Å². The Kier molecular flexibility index (Phi) is 7.09. The highest BCUT2D eigenvalue weighted by Crippen LogP contribution is 2.13. The summed E-state index contributed by atoms with van der Waals surface area (Å²) in [5.41, 5.74) is 0.639. The van der Waals surface area contributed by atoms with Crippen molar-refractivity contribution in [2.75, 3.05) is 19.7 Å². The Hall–Kier alpha value is -1.84. The lowest BCUT2D eigenvalue weighted by Gasteiger charge is -2.26. The van der Waals surface area contributed by atoms with Gasteiger partial charge < -0.3 is 9.64 Å². The van der Waals surface area contributed by atoms with Crippen LogP contribution in [0.3, 0.4) is 0 Å². The number of Topliss-reactive ketones (excluding diaryl/α,β-unsaturated/α-hetero) is 1. The van der Waals surface area contributed by atoms with Crippen molar-refractivity contribution in [1.29, 1.82) is 0 Å². The van der Waals surface area contributed by atoms with Gasteiger partial charge >= 0.3 is 0 Å². The van der Waals surface area contributed by atoms with E-state index in [-0.39, 0.29) is 18.3 Å². The first-order valence-corrected chi connectivity index (χ1v) is 7.81. The summed E-state index contributed by atoms with van der Waals surface area (Å²) in [6.45, 7) is 11.4. The maximum atomic E-state index is 12.3. The van der Waals surface area contributed by atoms with E-state index < -0.39 is 0 Å². The van der Waals surface area contributed by atoms with Crippen molar-refractivity contribution in [3.63, 3.8) is 0 Å². The summed E-state index contributed by atoms with van der Waals surface area (Å²) in [5.74, 6) is 1.48. The number of ketones is 1. The molecule has 0 heterocycles. The average Bonchev–Trinajstić information content (AvgIpc) is 2.43. The second-order valence-corrected chi connectivity index (χ2v) is 6.46. The van der Waals surface area contributed by atoms with E-state index in [0.717, 1.165) is 13.1 Å². The monoisotopic (exact) mass is 305 g/mol. The Morgan fingerprint density at radius 3 is 1.91 bits per heavy atom. The molecule has 0 fully saturated rings. The molecule has 0 aliphatic rings. The van der Waals surface area contributed by atoms with Gasteiger partial charge in [0.05, 0.1) is 0 Å². The SMILES string of the molecule is CC(=O)c1ccc(OCC(=O)N(CC(C)C)CC(C)C)cc1. The van der Waals surface area contributed by atoms with Gasteiger partial charge in [-0.25, -0.2) is 0 Å². The number of carbonyl (C=O) groups excluding carboxylic acids is 2. The Morgan fingerprint density at radius 1 is 1.00 bits per heavy atom. The van der Waals surface area contributed by atoms with E-state index in [0.29, 0.717) is 23.1 Å². The second-order valence-electron chi connectivity index (χ2n) is 6.46. The third kappa shape index (κ3) is 6.29. The highest BCUT2D eigenvalue weighted by atomic mass is 16.5. The molecule has 0 N–H and O–H groups in total. The van der Waals surface area contributed by atoms with Gasteiger partial charge in [-0.2, -0.15) is 0 Å². The van der Waals surface area contributed by atoms with Crippen LogP contribution in [0, 0.1) is 11.8 Å². The molecule has 0 atom stereocenters. The number of hydrogen-bond acceptors (Lipinski definition) is 3. The number of carbonyl (C=O) groups is 2. The standard InChI is InChI=1S/C18H27NO3/c1-13(2)10-19(11-14(3)4)18(21)12-22-17-8-6-16(7-9-17)15(5)20/h6-9,13-14H,10-12H2,1-5H3. The normalized spacial score (nSPS) is 10.9. The topological polar surface area (TPSA) is 46.6 Å². The van der Waals surface area contributed by atoms with Crippen LogP contribution >= 0.6 is 0 Å². The molecule has 0 aliphatic carbocycles. The van der Waals surface area contributed by atoms with Crippen LogP contribution in [0.1, 0.15) is 45.0 Å². The van der Waals surface area contributed by atoms with Gasteiger partial charge in [-0.15, -0.1) is 0 Å². The number of rotatable bonds is 8. The summed E-state index contributed by atoms with van der Waals surface area (Å²) in [6.07, 6.45) is 0. The zero-order valence-corrected chi connectivity index (χ0v) is 14.3. The number of amides is 1. The van der Waals surface area contributed by atoms with Crippen LogP contribution in [-0.2, 0) is 4.79 Å². The van der Waals surface area contributed by atoms with Crippen molar-refractivity contribution in [2.45, 2.75) is 34.6 Å². The van der Waals surface area contributed by atoms with Crippen molar-refractivity contribution in [3.8, 4) is 5.75 Å². The lowest BCUT2D eigenvalue weighted by Crippen LogP contribution is -2.39. The third-order valence-electron chi connectivity index (χ3n) is 3.15. The first-order valence-electron chi connectivity index (χ1n) is 7.81. The smallest absolute Gasteiger partial charge is 0.260 e. The van der Waals surface area contributed by atoms with E-state index in [1.165, 1.54) is 6.92 Å². The molecule has 0 saturated carbocycles. The first kappa shape index (κ1) is 18.2. The number of nitrogens with zero attached hydrogens (tertiary/aromatic N) is 1. The molecule has 0 saturated heterocycles. The third-order valence-corrected chi connectivity index (χ3v) is 3.15. The predicted molar refractivity (Wildman–Crippen MR) is 88.2 cm³/mol. The molecule has 0 spiro atoms. The van der Waals surface area contributed by atoms with E-state index in [2.05, 4.69) is 27.7 Å². The van der Waals surface area contributed by atoms with Crippen LogP contribution in [0.25, 0.3) is 0 Å². The summed E-state index contributed by atoms with van der Waals surface area (Å²) in [5, 5.41) is 0. The van der Waals surface area contributed by atoms with Gasteiger partial charge in [0.2, 0.25) is 0 Å². The van der Waals surface area contributed by atoms with Gasteiger partial charge in [0.1, 0.15) is 5.75 Å². The molecule has 0 aromatic heterocycles. The number of hydrogen-bond donors (Lipinski definition) is 0. The lowest BCUT2D eigenvalue weighted by molar-refractivity contribution is -0.134. The molecule has 4 nitrogen and oxygen atoms in total. The molecule has 0 aliphatic heterocycles. The van der Waals surface area contributed by atoms with Crippen LogP contribution in [0.15, 0.2) is 24.3 Å². The molecular formula is C18H27NO3. The van der Waals surface area contributed by atoms with Gasteiger partial charge in [-0.1, -0.05) is 27.7 Å². The Labute approximate surface area is 133 Å². The minimum Gasteiger partial charge on any atom is -0.484 e. The molecule has 1 aromatic carbocycles. The highest BCUT2D eigenvalue weighted by molar-refractivity contribution is 5.94. The Bertz CT molecular complexity index is 482. The van der Waals surface area contributed by atoms with Crippen LogP contribution in [0.5, 0.6) is 5.75 Å². The lowest BCUT2D eigenvalue weighted by atomic mass is 10.1. The summed E-state index contributed by atoms with van der Waals surface area (Å²) >= 11 is 0. The minimum atomic E-state index is -0.00181. The predicted octanol–water partition coefficient (Wildman–Crippen LogP) is 3.41. The van der Waals surface area contributed by atoms with Gasteiger partial charge in [0.15, 0.2) is 12.4 Å². The van der Waals surface area contributed by atoms with Crippen molar-refractivity contribution < 1.29 is 14.3 Å². The van der Waals surface area contributed by atoms with E-state index in [1.807, 2.05) is 4.90 Å². The molecule has 1 rings (SSSR count). The molecule has 0 bridgehead atoms. The minimum absolute atomic E-state index is 0.00181. The van der Waals surface area contributed by atoms with Gasteiger partial charge in [-0.3, -0.25) is 9.59 Å². The Balaban J connectivity index is 2.59. The van der Waals surface area contributed by atoms with E-state index in [4.69, 9.17) is 4.74 Å². The van der Waals surface area contributed by atoms with Crippen molar-refractivity contribution >= 4 is 11.7 Å². The fraction of sp³-hybridized carbons (Fsp3) is 0.556. The fourth-order valence-corrected chi connectivity index (χ4v) is 2.18. The number of benzene rings is 1. The van der Waals surface area contributed by atoms with E-state index in [1.54, 1.807) is 24.3 Å². The highest BCUT2D eigenvalue weighted by Gasteiger charge is 2.16. The molecular weight excluding hydrogens is 278 g/mol. The average molecular weight is 305 g/mol. The summed E-state index contributed by atoms with van der Waals surface area (Å²) in [6, 6.07) is 6.86. The van der Waals surface area contributed by atoms with E-state index in [9.17, 15) is 9.59 Å². The molecule has 1 aromatic rings. The maximum absolute atomic E-state index is 12.3. The molecule has 4 heteroatoms. The largest absolute Gasteiger partial charge is 0.484 e. The van der Waals surface area contributed by atoms with Crippen LogP contribution < -0.4 is 4.74 Å². The first-order chi connectivity index (χ1) is 10.3. The maximum Gasteiger partial charge on any atom is 0.260 e. The number of ether oxygens (including phenoxy) is 1. The van der Waals surface area contributed by atoms with Crippen LogP contribution in [0.2, 0.25) is 0 Å². The van der Waals surface area contributed by atoms with Gasteiger partial charge in [0, 0.05) is 18.7 Å². The second kappa shape index (κ2) is 8.57. The summed E-state index contributed by atoms with van der Waals surface area (Å²) in [4.78, 5) is 25.4. The zero-order valence-electron chi connectivity index (χ0n) is 14.3. The molecule has 0 unspecified atom stereocenters. The molecule has 22 heavy (non-hydrogen) atoms. The summed E-state index contributed by atoms with van der Waals surface area (Å²) in [7, 11) is 0. The van der Waals surface area contributed by atoms with Gasteiger partial charge in [0.25, 0.3) is 5.91 Å². The quantitative estimate of drug-likeness (QED) is 0.691.